The lowest BCUT2D eigenvalue weighted by Crippen LogP contribution is -2.28. The Morgan fingerprint density at radius 2 is 2.33 bits per heavy atom. The molecule has 4 nitrogen and oxygen atoms in total. The van der Waals surface area contributed by atoms with Crippen molar-refractivity contribution >= 4 is 5.82 Å². The second-order valence-corrected chi connectivity index (χ2v) is 3.66. The van der Waals surface area contributed by atoms with E-state index in [2.05, 4.69) is 21.2 Å². The summed E-state index contributed by atoms with van der Waals surface area (Å²) in [6.45, 7) is 7.48. The molecule has 0 spiro atoms. The number of anilines is 1. The van der Waals surface area contributed by atoms with E-state index in [9.17, 15) is 0 Å². The number of nitriles is 1. The van der Waals surface area contributed by atoms with Gasteiger partial charge in [-0.25, -0.2) is 0 Å². The Morgan fingerprint density at radius 3 is 2.87 bits per heavy atom. The van der Waals surface area contributed by atoms with Crippen LogP contribution in [0.5, 0.6) is 0 Å². The Kier molecular flexibility index (Phi) is 4.04. The Labute approximate surface area is 90.5 Å². The largest absolute Gasteiger partial charge is 0.354 e. The molecule has 1 heterocycles. The van der Waals surface area contributed by atoms with Gasteiger partial charge in [0.05, 0.1) is 18.2 Å². The summed E-state index contributed by atoms with van der Waals surface area (Å²) in [6, 6.07) is 4.21. The molecular formula is C11H16N4. The zero-order valence-corrected chi connectivity index (χ0v) is 9.44. The van der Waals surface area contributed by atoms with Crippen LogP contribution in [0.25, 0.3) is 0 Å². The number of hydrogen-bond acceptors (Lipinski definition) is 4. The third kappa shape index (κ3) is 3.21. The van der Waals surface area contributed by atoms with Crippen molar-refractivity contribution < 1.29 is 0 Å². The minimum Gasteiger partial charge on any atom is -0.354 e. The third-order valence-electron chi connectivity index (χ3n) is 2.20. The highest BCUT2D eigenvalue weighted by atomic mass is 15.3. The van der Waals surface area contributed by atoms with Gasteiger partial charge in [-0.2, -0.15) is 10.4 Å². The van der Waals surface area contributed by atoms with Gasteiger partial charge in [0.1, 0.15) is 0 Å². The van der Waals surface area contributed by atoms with E-state index in [1.807, 2.05) is 26.8 Å². The molecule has 0 radical (unpaired) electrons. The van der Waals surface area contributed by atoms with E-state index < -0.39 is 0 Å². The van der Waals surface area contributed by atoms with Gasteiger partial charge in [-0.3, -0.25) is 0 Å². The molecule has 0 fully saturated rings. The summed E-state index contributed by atoms with van der Waals surface area (Å²) in [5.74, 6) is 0.854. The summed E-state index contributed by atoms with van der Waals surface area (Å²) in [5.41, 5.74) is 1.09. The lowest BCUT2D eigenvalue weighted by molar-refractivity contribution is 0.674. The van der Waals surface area contributed by atoms with Crippen LogP contribution >= 0.6 is 0 Å². The van der Waals surface area contributed by atoms with Crippen molar-refractivity contribution in [3.05, 3.63) is 17.8 Å². The van der Waals surface area contributed by atoms with E-state index in [-0.39, 0.29) is 5.92 Å². The van der Waals surface area contributed by atoms with Crippen molar-refractivity contribution in [1.29, 1.82) is 5.26 Å². The smallest absolute Gasteiger partial charge is 0.151 e. The molecule has 0 aliphatic rings. The lowest BCUT2D eigenvalue weighted by atomic mass is 10.2. The summed E-state index contributed by atoms with van der Waals surface area (Å²) in [5, 5.41) is 16.7. The average Bonchev–Trinajstić information content (AvgIpc) is 2.25. The molecule has 1 rings (SSSR count). The maximum atomic E-state index is 8.77. The SMILES string of the molecule is CCN(CC(C)C#N)c1cc(C)cnn1. The molecule has 4 heteroatoms. The van der Waals surface area contributed by atoms with Crippen LogP contribution in [0.3, 0.4) is 0 Å². The van der Waals surface area contributed by atoms with E-state index in [4.69, 9.17) is 5.26 Å². The molecule has 0 aliphatic heterocycles. The van der Waals surface area contributed by atoms with Gasteiger partial charge in [-0.15, -0.1) is 5.10 Å². The van der Waals surface area contributed by atoms with Crippen molar-refractivity contribution in [3.63, 3.8) is 0 Å². The molecule has 1 aromatic heterocycles. The molecule has 0 saturated carbocycles. The first-order chi connectivity index (χ1) is 7.17. The normalized spacial score (nSPS) is 11.9. The molecule has 15 heavy (non-hydrogen) atoms. The number of nitrogens with zero attached hydrogens (tertiary/aromatic N) is 4. The number of aryl methyl sites for hydroxylation is 1. The summed E-state index contributed by atoms with van der Waals surface area (Å²) >= 11 is 0. The van der Waals surface area contributed by atoms with E-state index >= 15 is 0 Å². The summed E-state index contributed by atoms with van der Waals surface area (Å²) in [4.78, 5) is 2.06. The van der Waals surface area contributed by atoms with Gasteiger partial charge in [0.25, 0.3) is 0 Å². The Balaban J connectivity index is 2.79. The Morgan fingerprint density at radius 1 is 1.60 bits per heavy atom. The fourth-order valence-electron chi connectivity index (χ4n) is 1.36. The van der Waals surface area contributed by atoms with Crippen LogP contribution in [-0.4, -0.2) is 23.3 Å². The molecule has 0 aromatic carbocycles. The number of aromatic nitrogens is 2. The first-order valence-electron chi connectivity index (χ1n) is 5.11. The highest BCUT2D eigenvalue weighted by Crippen LogP contribution is 2.12. The Bertz CT molecular complexity index is 356. The molecule has 1 unspecified atom stereocenters. The summed E-state index contributed by atoms with van der Waals surface area (Å²) < 4.78 is 0. The second-order valence-electron chi connectivity index (χ2n) is 3.66. The quantitative estimate of drug-likeness (QED) is 0.750. The summed E-state index contributed by atoms with van der Waals surface area (Å²) in [7, 11) is 0. The van der Waals surface area contributed by atoms with Gasteiger partial charge in [-0.1, -0.05) is 0 Å². The van der Waals surface area contributed by atoms with E-state index in [0.717, 1.165) is 17.9 Å². The first-order valence-corrected chi connectivity index (χ1v) is 5.11. The molecule has 80 valence electrons. The van der Waals surface area contributed by atoms with Gasteiger partial charge < -0.3 is 4.90 Å². The van der Waals surface area contributed by atoms with Crippen molar-refractivity contribution in [2.24, 2.45) is 5.92 Å². The molecule has 1 aromatic rings. The summed E-state index contributed by atoms with van der Waals surface area (Å²) in [6.07, 6.45) is 1.73. The number of rotatable bonds is 4. The van der Waals surface area contributed by atoms with Crippen molar-refractivity contribution in [2.45, 2.75) is 20.8 Å². The van der Waals surface area contributed by atoms with Crippen molar-refractivity contribution in [2.75, 3.05) is 18.0 Å². The maximum Gasteiger partial charge on any atom is 0.151 e. The highest BCUT2D eigenvalue weighted by Gasteiger charge is 2.10. The zero-order valence-electron chi connectivity index (χ0n) is 9.44. The second kappa shape index (κ2) is 5.30. The van der Waals surface area contributed by atoms with E-state index in [1.54, 1.807) is 6.20 Å². The monoisotopic (exact) mass is 204 g/mol. The van der Waals surface area contributed by atoms with Gasteiger partial charge >= 0.3 is 0 Å². The number of hydrogen-bond donors (Lipinski definition) is 0. The van der Waals surface area contributed by atoms with Gasteiger partial charge in [-0.05, 0) is 32.4 Å². The zero-order chi connectivity index (χ0) is 11.3. The lowest BCUT2D eigenvalue weighted by Gasteiger charge is -2.22. The minimum absolute atomic E-state index is 0.00672. The first kappa shape index (κ1) is 11.4. The van der Waals surface area contributed by atoms with Crippen LogP contribution in [0.2, 0.25) is 0 Å². The van der Waals surface area contributed by atoms with Gasteiger partial charge in [0.15, 0.2) is 5.82 Å². The predicted octanol–water partition coefficient (Wildman–Crippen LogP) is 1.77. The Hall–Kier alpha value is -1.63. The van der Waals surface area contributed by atoms with Gasteiger partial charge in [0, 0.05) is 13.1 Å². The van der Waals surface area contributed by atoms with Crippen LogP contribution < -0.4 is 4.90 Å². The fourth-order valence-corrected chi connectivity index (χ4v) is 1.36. The standard InChI is InChI=1S/C11H16N4/c1-4-15(8-10(3)6-12)11-5-9(2)7-13-14-11/h5,7,10H,4,8H2,1-3H3. The average molecular weight is 204 g/mol. The topological polar surface area (TPSA) is 52.8 Å². The van der Waals surface area contributed by atoms with E-state index in [1.165, 1.54) is 0 Å². The predicted molar refractivity (Wildman–Crippen MR) is 59.4 cm³/mol. The molecule has 0 amide bonds. The molecule has 1 atom stereocenters. The van der Waals surface area contributed by atoms with E-state index in [0.29, 0.717) is 6.54 Å². The minimum atomic E-state index is 0.00672. The van der Waals surface area contributed by atoms with Crippen molar-refractivity contribution in [1.82, 2.24) is 10.2 Å². The van der Waals surface area contributed by atoms with Crippen LogP contribution in [0.4, 0.5) is 5.82 Å². The fraction of sp³-hybridized carbons (Fsp3) is 0.545. The maximum absolute atomic E-state index is 8.77. The molecular weight excluding hydrogens is 188 g/mol. The van der Waals surface area contributed by atoms with Gasteiger partial charge in [0.2, 0.25) is 0 Å². The molecule has 0 saturated heterocycles. The van der Waals surface area contributed by atoms with Crippen LogP contribution in [-0.2, 0) is 0 Å². The van der Waals surface area contributed by atoms with Crippen LogP contribution in [0.1, 0.15) is 19.4 Å². The van der Waals surface area contributed by atoms with Crippen LogP contribution in [0.15, 0.2) is 12.3 Å². The third-order valence-corrected chi connectivity index (χ3v) is 2.20. The van der Waals surface area contributed by atoms with Crippen molar-refractivity contribution in [3.8, 4) is 6.07 Å². The van der Waals surface area contributed by atoms with Crippen LogP contribution in [0, 0.1) is 24.2 Å². The molecule has 0 bridgehead atoms. The molecule has 0 aliphatic carbocycles. The highest BCUT2D eigenvalue weighted by molar-refractivity contribution is 5.39. The molecule has 0 N–H and O–H groups in total.